The molecule has 1 aromatic carbocycles. The van der Waals surface area contributed by atoms with E-state index in [0.717, 1.165) is 17.5 Å². The first kappa shape index (κ1) is 15.7. The Labute approximate surface area is 116 Å². The second-order valence-corrected chi connectivity index (χ2v) is 5.11. The Morgan fingerprint density at radius 3 is 2.53 bits per heavy atom. The summed E-state index contributed by atoms with van der Waals surface area (Å²) in [5.74, 6) is -0.218. The molecule has 0 radical (unpaired) electrons. The normalized spacial score (nSPS) is 15.6. The molecule has 2 unspecified atom stereocenters. The van der Waals surface area contributed by atoms with Crippen molar-refractivity contribution in [2.75, 3.05) is 6.61 Å². The molecule has 0 aliphatic heterocycles. The van der Waals surface area contributed by atoms with Crippen LogP contribution in [0, 0.1) is 6.92 Å². The Kier molecular flexibility index (Phi) is 5.55. The van der Waals surface area contributed by atoms with E-state index >= 15 is 0 Å². The lowest BCUT2D eigenvalue weighted by Crippen LogP contribution is -2.51. The van der Waals surface area contributed by atoms with Gasteiger partial charge < -0.3 is 4.74 Å². The van der Waals surface area contributed by atoms with Crippen LogP contribution in [-0.4, -0.2) is 18.6 Å². The van der Waals surface area contributed by atoms with Crippen molar-refractivity contribution in [3.63, 3.8) is 0 Å². The maximum Gasteiger partial charge on any atom is 0.330 e. The van der Waals surface area contributed by atoms with Crippen molar-refractivity contribution in [2.45, 2.75) is 52.6 Å². The predicted octanol–water partition coefficient (Wildman–Crippen LogP) is 3.16. The Bertz CT molecular complexity index is 431. The summed E-state index contributed by atoms with van der Waals surface area (Å²) in [6, 6.07) is 8.19. The van der Waals surface area contributed by atoms with Crippen molar-refractivity contribution in [3.05, 3.63) is 35.4 Å². The first-order valence-corrected chi connectivity index (χ1v) is 6.96. The van der Waals surface area contributed by atoms with Gasteiger partial charge in [0.25, 0.3) is 0 Å². The molecule has 1 aromatic rings. The standard InChI is InChI=1S/C16H25NO2/c1-6-13(4)17-16(5,15(18)19-7-2)14-11-9-8-10-12(14)3/h8-11,13,17H,6-7H2,1-5H3. The molecular weight excluding hydrogens is 238 g/mol. The van der Waals surface area contributed by atoms with Gasteiger partial charge in [-0.15, -0.1) is 0 Å². The Morgan fingerprint density at radius 2 is 2.00 bits per heavy atom. The summed E-state index contributed by atoms with van der Waals surface area (Å²) < 4.78 is 5.26. The highest BCUT2D eigenvalue weighted by Gasteiger charge is 2.38. The van der Waals surface area contributed by atoms with E-state index in [2.05, 4.69) is 19.2 Å². The maximum absolute atomic E-state index is 12.4. The van der Waals surface area contributed by atoms with Crippen molar-refractivity contribution in [2.24, 2.45) is 0 Å². The summed E-state index contributed by atoms with van der Waals surface area (Å²) in [6.45, 7) is 10.3. The molecule has 0 spiro atoms. The minimum absolute atomic E-state index is 0.218. The lowest BCUT2D eigenvalue weighted by molar-refractivity contribution is -0.151. The van der Waals surface area contributed by atoms with Crippen LogP contribution in [0.1, 0.15) is 45.2 Å². The van der Waals surface area contributed by atoms with E-state index in [1.807, 2.05) is 45.0 Å². The quantitative estimate of drug-likeness (QED) is 0.801. The molecule has 0 saturated heterocycles. The Hall–Kier alpha value is -1.35. The number of carbonyl (C=O) groups excluding carboxylic acids is 1. The zero-order valence-corrected chi connectivity index (χ0v) is 12.6. The minimum Gasteiger partial charge on any atom is -0.464 e. The van der Waals surface area contributed by atoms with Gasteiger partial charge >= 0.3 is 5.97 Å². The van der Waals surface area contributed by atoms with Crippen molar-refractivity contribution < 1.29 is 9.53 Å². The third-order valence-electron chi connectivity index (χ3n) is 3.51. The van der Waals surface area contributed by atoms with Crippen LogP contribution in [0.2, 0.25) is 0 Å². The van der Waals surface area contributed by atoms with Gasteiger partial charge in [-0.3, -0.25) is 5.32 Å². The first-order valence-electron chi connectivity index (χ1n) is 6.96. The van der Waals surface area contributed by atoms with Crippen molar-refractivity contribution in [1.82, 2.24) is 5.32 Å². The van der Waals surface area contributed by atoms with Crippen molar-refractivity contribution >= 4 is 5.97 Å². The maximum atomic E-state index is 12.4. The first-order chi connectivity index (χ1) is 8.95. The molecule has 2 atom stereocenters. The lowest BCUT2D eigenvalue weighted by atomic mass is 9.87. The fourth-order valence-electron chi connectivity index (χ4n) is 2.25. The second kappa shape index (κ2) is 6.71. The zero-order chi connectivity index (χ0) is 14.5. The molecule has 0 amide bonds. The summed E-state index contributed by atoms with van der Waals surface area (Å²) in [5, 5.41) is 3.41. The van der Waals surface area contributed by atoms with Crippen molar-refractivity contribution in [1.29, 1.82) is 0 Å². The molecule has 0 aliphatic rings. The molecule has 106 valence electrons. The second-order valence-electron chi connectivity index (χ2n) is 5.11. The highest BCUT2D eigenvalue weighted by molar-refractivity contribution is 5.82. The van der Waals surface area contributed by atoms with Crippen LogP contribution < -0.4 is 5.32 Å². The van der Waals surface area contributed by atoms with Gasteiger partial charge in [0.1, 0.15) is 5.54 Å². The summed E-state index contributed by atoms with van der Waals surface area (Å²) in [6.07, 6.45) is 0.959. The van der Waals surface area contributed by atoms with Crippen LogP contribution in [-0.2, 0) is 15.1 Å². The fraction of sp³-hybridized carbons (Fsp3) is 0.562. The highest BCUT2D eigenvalue weighted by Crippen LogP contribution is 2.26. The Morgan fingerprint density at radius 1 is 1.37 bits per heavy atom. The van der Waals surface area contributed by atoms with E-state index in [-0.39, 0.29) is 12.0 Å². The smallest absolute Gasteiger partial charge is 0.330 e. The minimum atomic E-state index is -0.795. The monoisotopic (exact) mass is 263 g/mol. The van der Waals surface area contributed by atoms with Gasteiger partial charge in [-0.25, -0.2) is 4.79 Å². The van der Waals surface area contributed by atoms with Gasteiger partial charge in [0.15, 0.2) is 0 Å². The van der Waals surface area contributed by atoms with E-state index in [1.165, 1.54) is 0 Å². The van der Waals surface area contributed by atoms with Crippen molar-refractivity contribution in [3.8, 4) is 0 Å². The van der Waals surface area contributed by atoms with E-state index in [4.69, 9.17) is 4.74 Å². The molecule has 0 heterocycles. The number of carbonyl (C=O) groups is 1. The molecule has 0 fully saturated rings. The molecular formula is C16H25NO2. The third kappa shape index (κ3) is 3.57. The number of ether oxygens (including phenoxy) is 1. The van der Waals surface area contributed by atoms with E-state index < -0.39 is 5.54 Å². The summed E-state index contributed by atoms with van der Waals surface area (Å²) in [4.78, 5) is 12.4. The molecule has 0 bridgehead atoms. The van der Waals surface area contributed by atoms with Crippen LogP contribution in [0.5, 0.6) is 0 Å². The average molecular weight is 263 g/mol. The van der Waals surface area contributed by atoms with Gasteiger partial charge in [0, 0.05) is 6.04 Å². The summed E-state index contributed by atoms with van der Waals surface area (Å²) in [5.41, 5.74) is 1.28. The lowest BCUT2D eigenvalue weighted by Gasteiger charge is -2.33. The molecule has 3 nitrogen and oxygen atoms in total. The Balaban J connectivity index is 3.18. The number of benzene rings is 1. The van der Waals surface area contributed by atoms with Crippen LogP contribution in [0.15, 0.2) is 24.3 Å². The largest absolute Gasteiger partial charge is 0.464 e. The number of hydrogen-bond donors (Lipinski definition) is 1. The molecule has 0 aromatic heterocycles. The van der Waals surface area contributed by atoms with Crippen LogP contribution >= 0.6 is 0 Å². The molecule has 1 N–H and O–H groups in total. The van der Waals surface area contributed by atoms with Gasteiger partial charge in [-0.1, -0.05) is 31.2 Å². The van der Waals surface area contributed by atoms with E-state index in [1.54, 1.807) is 0 Å². The molecule has 19 heavy (non-hydrogen) atoms. The zero-order valence-electron chi connectivity index (χ0n) is 12.6. The average Bonchev–Trinajstić information content (AvgIpc) is 2.39. The number of nitrogens with one attached hydrogen (secondary N) is 1. The van der Waals surface area contributed by atoms with Gasteiger partial charge in [-0.05, 0) is 45.2 Å². The molecule has 3 heteroatoms. The number of aryl methyl sites for hydroxylation is 1. The number of hydrogen-bond acceptors (Lipinski definition) is 3. The topological polar surface area (TPSA) is 38.3 Å². The van der Waals surface area contributed by atoms with Crippen LogP contribution in [0.25, 0.3) is 0 Å². The fourth-order valence-corrected chi connectivity index (χ4v) is 2.25. The van der Waals surface area contributed by atoms with Gasteiger partial charge in [-0.2, -0.15) is 0 Å². The predicted molar refractivity (Wildman–Crippen MR) is 78.1 cm³/mol. The highest BCUT2D eigenvalue weighted by atomic mass is 16.5. The summed E-state index contributed by atoms with van der Waals surface area (Å²) >= 11 is 0. The third-order valence-corrected chi connectivity index (χ3v) is 3.51. The molecule has 0 saturated carbocycles. The van der Waals surface area contributed by atoms with Gasteiger partial charge in [0.2, 0.25) is 0 Å². The molecule has 1 rings (SSSR count). The molecule has 0 aliphatic carbocycles. The van der Waals surface area contributed by atoms with Crippen LogP contribution in [0.3, 0.4) is 0 Å². The number of rotatable bonds is 6. The van der Waals surface area contributed by atoms with E-state index in [9.17, 15) is 4.79 Å². The van der Waals surface area contributed by atoms with Crippen LogP contribution in [0.4, 0.5) is 0 Å². The van der Waals surface area contributed by atoms with Gasteiger partial charge in [0.05, 0.1) is 6.61 Å². The van der Waals surface area contributed by atoms with E-state index in [0.29, 0.717) is 6.61 Å². The SMILES string of the molecule is CCOC(=O)C(C)(NC(C)CC)c1ccccc1C. The summed E-state index contributed by atoms with van der Waals surface area (Å²) in [7, 11) is 0. The number of esters is 1.